The topological polar surface area (TPSA) is 30.7 Å². The number of benzene rings is 9. The third-order valence-corrected chi connectivity index (χ3v) is 12.4. The molecule has 0 amide bonds. The second-order valence-corrected chi connectivity index (χ2v) is 16.1. The quantitative estimate of drug-likeness (QED) is 0.150. The first kappa shape index (κ1) is 36.5. The Kier molecular flexibility index (Phi) is 8.83. The van der Waals surface area contributed by atoms with Gasteiger partial charge < -0.3 is 4.57 Å². The number of nitrogens with zero attached hydrogens (tertiary/aromatic N) is 3. The van der Waals surface area contributed by atoms with Crippen LogP contribution in [0.2, 0.25) is 0 Å². The van der Waals surface area contributed by atoms with E-state index in [1.165, 1.54) is 43.7 Å². The van der Waals surface area contributed by atoms with Gasteiger partial charge in [0.1, 0.15) is 0 Å². The molecule has 9 aromatic carbocycles. The lowest BCUT2D eigenvalue weighted by Crippen LogP contribution is -1.96. The summed E-state index contributed by atoms with van der Waals surface area (Å²) in [6.45, 7) is 0. The van der Waals surface area contributed by atoms with Gasteiger partial charge in [-0.05, 0) is 87.1 Å². The zero-order valence-corrected chi connectivity index (χ0v) is 34.4. The summed E-state index contributed by atoms with van der Waals surface area (Å²) in [6, 6.07) is 84.5. The fourth-order valence-corrected chi connectivity index (χ4v) is 9.36. The molecule has 12 aromatic rings. The lowest BCUT2D eigenvalue weighted by molar-refractivity contribution is 1.18. The number of aromatic nitrogens is 3. The van der Waals surface area contributed by atoms with E-state index in [2.05, 4.69) is 241 Å². The van der Waals surface area contributed by atoms with Crippen LogP contribution in [0.4, 0.5) is 0 Å². The molecule has 3 nitrogen and oxygen atoms in total. The maximum Gasteiger partial charge on any atom is 0.0800 e. The SMILES string of the molecule is c1ccc(-c2cc(-c3ccc(-c4cc5ccccc5c5c(-c6ccccc6)cc(-c6ccccc6)nc45)cc3)cc(-c3cccc(-n4c5ccccc5c5ccccc54)c3)n2)cc1. The fraction of sp³-hybridized carbons (Fsp3) is 0. The number of hydrogen-bond donors (Lipinski definition) is 0. The highest BCUT2D eigenvalue weighted by atomic mass is 15.0. The molecule has 0 aliphatic carbocycles. The fourth-order valence-electron chi connectivity index (χ4n) is 9.36. The molecule has 3 aromatic heterocycles. The zero-order chi connectivity index (χ0) is 41.7. The van der Waals surface area contributed by atoms with Gasteiger partial charge in [-0.15, -0.1) is 0 Å². The maximum atomic E-state index is 5.48. The van der Waals surface area contributed by atoms with Crippen LogP contribution in [-0.4, -0.2) is 14.5 Å². The molecule has 0 radical (unpaired) electrons. The third kappa shape index (κ3) is 6.46. The number of pyridine rings is 2. The van der Waals surface area contributed by atoms with Gasteiger partial charge in [0, 0.05) is 44.1 Å². The highest BCUT2D eigenvalue weighted by Gasteiger charge is 2.18. The molecule has 0 aliphatic heterocycles. The van der Waals surface area contributed by atoms with E-state index in [1.54, 1.807) is 0 Å². The summed E-state index contributed by atoms with van der Waals surface area (Å²) < 4.78 is 2.37. The van der Waals surface area contributed by atoms with E-state index in [-0.39, 0.29) is 0 Å². The summed E-state index contributed by atoms with van der Waals surface area (Å²) in [5, 5.41) is 6.03. The lowest BCUT2D eigenvalue weighted by atomic mass is 9.90. The van der Waals surface area contributed by atoms with Crippen LogP contribution in [0.5, 0.6) is 0 Å². The van der Waals surface area contributed by atoms with Crippen molar-refractivity contribution in [3.8, 4) is 72.8 Å². The highest BCUT2D eigenvalue weighted by molar-refractivity contribution is 6.18. The first-order valence-electron chi connectivity index (χ1n) is 21.5. The lowest BCUT2D eigenvalue weighted by Gasteiger charge is -2.17. The Morgan fingerprint density at radius 1 is 0.286 bits per heavy atom. The second-order valence-electron chi connectivity index (χ2n) is 16.1. The minimum Gasteiger partial charge on any atom is -0.309 e. The average molecular weight is 802 g/mol. The molecule has 3 heterocycles. The Hall–Kier alpha value is -8.40. The van der Waals surface area contributed by atoms with Crippen LogP contribution in [-0.2, 0) is 0 Å². The van der Waals surface area contributed by atoms with Gasteiger partial charge in [-0.25, -0.2) is 9.97 Å². The van der Waals surface area contributed by atoms with Crippen molar-refractivity contribution in [2.45, 2.75) is 0 Å². The molecular formula is C60H39N3. The first-order chi connectivity index (χ1) is 31.2. The maximum absolute atomic E-state index is 5.48. The normalized spacial score (nSPS) is 11.5. The van der Waals surface area contributed by atoms with E-state index in [4.69, 9.17) is 9.97 Å². The molecule has 0 atom stereocenters. The largest absolute Gasteiger partial charge is 0.309 e. The van der Waals surface area contributed by atoms with Crippen molar-refractivity contribution in [3.63, 3.8) is 0 Å². The van der Waals surface area contributed by atoms with Crippen molar-refractivity contribution in [2.24, 2.45) is 0 Å². The molecule has 3 heteroatoms. The molecular weight excluding hydrogens is 763 g/mol. The Balaban J connectivity index is 1.01. The zero-order valence-electron chi connectivity index (χ0n) is 34.4. The summed E-state index contributed by atoms with van der Waals surface area (Å²) in [6.07, 6.45) is 0. The monoisotopic (exact) mass is 801 g/mol. The van der Waals surface area contributed by atoms with Gasteiger partial charge in [0.15, 0.2) is 0 Å². The standard InChI is InChI=1S/C60H39N3/c1-4-17-41(18-5-1)52-39-56(44-21-8-3-9-22-44)62-60-53(36-45-23-10-11-26-49(45)59(52)60)42-33-31-40(32-34-42)47-37-54(43-19-6-2-7-20-43)61-55(38-47)46-24-16-25-48(35-46)63-57-29-14-12-27-50(57)51-28-13-15-30-58(51)63/h1-39H. The Morgan fingerprint density at radius 3 is 1.43 bits per heavy atom. The van der Waals surface area contributed by atoms with Crippen molar-refractivity contribution in [2.75, 3.05) is 0 Å². The predicted octanol–water partition coefficient (Wildman–Crippen LogP) is 15.9. The van der Waals surface area contributed by atoms with Crippen LogP contribution < -0.4 is 0 Å². The summed E-state index contributed by atoms with van der Waals surface area (Å²) >= 11 is 0. The average Bonchev–Trinajstić information content (AvgIpc) is 3.71. The predicted molar refractivity (Wildman–Crippen MR) is 264 cm³/mol. The molecule has 294 valence electrons. The van der Waals surface area contributed by atoms with Crippen molar-refractivity contribution < 1.29 is 0 Å². The van der Waals surface area contributed by atoms with Gasteiger partial charge in [0.05, 0.1) is 33.6 Å². The Morgan fingerprint density at radius 2 is 0.778 bits per heavy atom. The number of hydrogen-bond acceptors (Lipinski definition) is 2. The van der Waals surface area contributed by atoms with Gasteiger partial charge >= 0.3 is 0 Å². The number of fused-ring (bicyclic) bond motifs is 6. The van der Waals surface area contributed by atoms with E-state index in [9.17, 15) is 0 Å². The molecule has 12 rings (SSSR count). The van der Waals surface area contributed by atoms with Crippen LogP contribution in [0.15, 0.2) is 237 Å². The smallest absolute Gasteiger partial charge is 0.0800 e. The van der Waals surface area contributed by atoms with E-state index in [1.807, 2.05) is 0 Å². The third-order valence-electron chi connectivity index (χ3n) is 12.4. The first-order valence-corrected chi connectivity index (χ1v) is 21.5. The second kappa shape index (κ2) is 15.3. The molecule has 0 spiro atoms. The van der Waals surface area contributed by atoms with E-state index >= 15 is 0 Å². The van der Waals surface area contributed by atoms with Crippen molar-refractivity contribution in [1.82, 2.24) is 14.5 Å². The molecule has 63 heavy (non-hydrogen) atoms. The van der Waals surface area contributed by atoms with Crippen molar-refractivity contribution in [3.05, 3.63) is 237 Å². The van der Waals surface area contributed by atoms with Crippen LogP contribution in [0, 0.1) is 0 Å². The minimum atomic E-state index is 0.921. The van der Waals surface area contributed by atoms with Gasteiger partial charge in [-0.1, -0.05) is 188 Å². The minimum absolute atomic E-state index is 0.921. The van der Waals surface area contributed by atoms with Crippen LogP contribution in [0.1, 0.15) is 0 Å². The summed E-state index contributed by atoms with van der Waals surface area (Å²) in [5.74, 6) is 0. The Labute approximate surface area is 365 Å². The molecule has 0 unspecified atom stereocenters. The summed E-state index contributed by atoms with van der Waals surface area (Å²) in [7, 11) is 0. The molecule has 0 aliphatic rings. The molecule has 0 saturated carbocycles. The number of rotatable bonds is 7. The number of para-hydroxylation sites is 2. The van der Waals surface area contributed by atoms with E-state index < -0.39 is 0 Å². The van der Waals surface area contributed by atoms with Crippen LogP contribution in [0.25, 0.3) is 116 Å². The van der Waals surface area contributed by atoms with Crippen LogP contribution >= 0.6 is 0 Å². The highest BCUT2D eigenvalue weighted by Crippen LogP contribution is 2.42. The molecule has 0 N–H and O–H groups in total. The molecule has 0 saturated heterocycles. The van der Waals surface area contributed by atoms with Crippen molar-refractivity contribution >= 4 is 43.5 Å². The van der Waals surface area contributed by atoms with Gasteiger partial charge in [0.2, 0.25) is 0 Å². The van der Waals surface area contributed by atoms with Crippen LogP contribution in [0.3, 0.4) is 0 Å². The molecule has 0 fully saturated rings. The molecule has 0 bridgehead atoms. The van der Waals surface area contributed by atoms with Gasteiger partial charge in [0.25, 0.3) is 0 Å². The van der Waals surface area contributed by atoms with Gasteiger partial charge in [-0.2, -0.15) is 0 Å². The van der Waals surface area contributed by atoms with E-state index in [0.717, 1.165) is 72.6 Å². The summed E-state index contributed by atoms with van der Waals surface area (Å²) in [4.78, 5) is 10.8. The van der Waals surface area contributed by atoms with Crippen molar-refractivity contribution in [1.29, 1.82) is 0 Å². The summed E-state index contributed by atoms with van der Waals surface area (Å²) in [5.41, 5.74) is 17.3. The van der Waals surface area contributed by atoms with E-state index in [0.29, 0.717) is 0 Å². The van der Waals surface area contributed by atoms with Gasteiger partial charge in [-0.3, -0.25) is 0 Å². The Bertz CT molecular complexity index is 3590.